The molecule has 1 aromatic rings. The third-order valence-electron chi connectivity index (χ3n) is 2.01. The molecule has 94 valence electrons. The number of phenols is 1. The molecular weight excluding hydrogens is 258 g/mol. The van der Waals surface area contributed by atoms with Gasteiger partial charge in [-0.15, -0.1) is 0 Å². The van der Waals surface area contributed by atoms with Gasteiger partial charge in [0, 0.05) is 0 Å². The van der Waals surface area contributed by atoms with E-state index in [1.165, 1.54) is 12.1 Å². The molecule has 18 heavy (non-hydrogen) atoms. The van der Waals surface area contributed by atoms with Gasteiger partial charge in [0.25, 0.3) is 0 Å². The van der Waals surface area contributed by atoms with Gasteiger partial charge >= 0.3 is 5.97 Å². The first kappa shape index (κ1) is 13.9. The summed E-state index contributed by atoms with van der Waals surface area (Å²) in [4.78, 5) is 10.7. The van der Waals surface area contributed by atoms with Crippen molar-refractivity contribution in [1.29, 1.82) is 5.26 Å². The first-order valence-corrected chi connectivity index (χ1v) is 5.37. The molecule has 0 aliphatic rings. The molecule has 0 spiro atoms. The number of hydrogen-bond acceptors (Lipinski definition) is 4. The largest absolute Gasteiger partial charge is 0.503 e. The highest BCUT2D eigenvalue weighted by Crippen LogP contribution is 2.35. The highest BCUT2D eigenvalue weighted by molar-refractivity contribution is 6.32. The van der Waals surface area contributed by atoms with Crippen molar-refractivity contribution in [3.63, 3.8) is 0 Å². The maximum absolute atomic E-state index is 10.7. The quantitative estimate of drug-likeness (QED) is 0.646. The third kappa shape index (κ3) is 3.15. The second-order valence-electron chi connectivity index (χ2n) is 3.26. The number of nitriles is 1. The van der Waals surface area contributed by atoms with Crippen LogP contribution in [-0.2, 0) is 4.79 Å². The molecule has 0 saturated heterocycles. The van der Waals surface area contributed by atoms with Crippen LogP contribution in [0, 0.1) is 11.3 Å². The Labute approximate surface area is 108 Å². The van der Waals surface area contributed by atoms with Crippen LogP contribution in [-0.4, -0.2) is 22.8 Å². The molecule has 0 aliphatic carbocycles. The minimum Gasteiger partial charge on any atom is -0.503 e. The van der Waals surface area contributed by atoms with Crippen LogP contribution in [0.2, 0.25) is 5.02 Å². The van der Waals surface area contributed by atoms with Gasteiger partial charge in [0.05, 0.1) is 11.6 Å². The fourth-order valence-corrected chi connectivity index (χ4v) is 1.47. The van der Waals surface area contributed by atoms with E-state index in [1.807, 2.05) is 0 Å². The van der Waals surface area contributed by atoms with E-state index in [0.717, 1.165) is 6.08 Å². The van der Waals surface area contributed by atoms with Crippen LogP contribution in [0.4, 0.5) is 0 Å². The lowest BCUT2D eigenvalue weighted by atomic mass is 10.1. The van der Waals surface area contributed by atoms with Crippen molar-refractivity contribution < 1.29 is 19.7 Å². The molecule has 0 aliphatic heterocycles. The lowest BCUT2D eigenvalue weighted by Crippen LogP contribution is -1.98. The Kier molecular flexibility index (Phi) is 4.58. The summed E-state index contributed by atoms with van der Waals surface area (Å²) in [5, 5.41) is 27.0. The molecular formula is C12H10ClNO4. The van der Waals surface area contributed by atoms with Crippen molar-refractivity contribution in [3.05, 3.63) is 28.3 Å². The molecule has 5 nitrogen and oxygen atoms in total. The number of halogens is 1. The minimum atomic E-state index is -1.33. The fourth-order valence-electron chi connectivity index (χ4n) is 1.25. The van der Waals surface area contributed by atoms with Gasteiger partial charge in [-0.3, -0.25) is 0 Å². The lowest BCUT2D eigenvalue weighted by Gasteiger charge is -2.08. The van der Waals surface area contributed by atoms with E-state index in [1.54, 1.807) is 13.0 Å². The number of phenolic OH excluding ortho intramolecular Hbond substituents is 1. The fraction of sp³-hybridized carbons (Fsp3) is 0.167. The zero-order valence-electron chi connectivity index (χ0n) is 9.48. The zero-order chi connectivity index (χ0) is 13.7. The van der Waals surface area contributed by atoms with Crippen LogP contribution in [0.15, 0.2) is 17.7 Å². The van der Waals surface area contributed by atoms with Gasteiger partial charge in [-0.05, 0) is 30.7 Å². The van der Waals surface area contributed by atoms with Crippen LogP contribution in [0.5, 0.6) is 11.5 Å². The summed E-state index contributed by atoms with van der Waals surface area (Å²) in [6.45, 7) is 2.05. The average Bonchev–Trinajstić information content (AvgIpc) is 2.32. The highest BCUT2D eigenvalue weighted by Gasteiger charge is 2.11. The summed E-state index contributed by atoms with van der Waals surface area (Å²) >= 11 is 5.77. The summed E-state index contributed by atoms with van der Waals surface area (Å²) in [5.41, 5.74) is -0.0700. The monoisotopic (exact) mass is 267 g/mol. The van der Waals surface area contributed by atoms with Crippen LogP contribution in [0.25, 0.3) is 6.08 Å². The van der Waals surface area contributed by atoms with E-state index < -0.39 is 11.5 Å². The molecule has 0 atom stereocenters. The van der Waals surface area contributed by atoms with Crippen LogP contribution in [0.1, 0.15) is 12.5 Å². The zero-order valence-corrected chi connectivity index (χ0v) is 10.2. The SMILES string of the molecule is CCOc1cc(C=C(C#N)C(=O)O)cc(Cl)c1O. The minimum absolute atomic E-state index is 0.0230. The lowest BCUT2D eigenvalue weighted by molar-refractivity contribution is -0.132. The molecule has 0 unspecified atom stereocenters. The van der Waals surface area contributed by atoms with Gasteiger partial charge in [-0.1, -0.05) is 11.6 Å². The maximum Gasteiger partial charge on any atom is 0.346 e. The van der Waals surface area contributed by atoms with Crippen LogP contribution in [0.3, 0.4) is 0 Å². The number of rotatable bonds is 4. The van der Waals surface area contributed by atoms with Crippen molar-refractivity contribution in [2.45, 2.75) is 6.92 Å². The first-order valence-electron chi connectivity index (χ1n) is 5.00. The standard InChI is InChI=1S/C12H10ClNO4/c1-2-18-10-5-7(4-9(13)11(10)15)3-8(6-14)12(16)17/h3-5,15H,2H2,1H3,(H,16,17). The van der Waals surface area contributed by atoms with Gasteiger partial charge in [-0.25, -0.2) is 4.79 Å². The molecule has 6 heteroatoms. The molecule has 0 bridgehead atoms. The molecule has 0 aromatic heterocycles. The highest BCUT2D eigenvalue weighted by atomic mass is 35.5. The summed E-state index contributed by atoms with van der Waals surface area (Å²) in [7, 11) is 0. The topological polar surface area (TPSA) is 90.5 Å². The molecule has 2 N–H and O–H groups in total. The smallest absolute Gasteiger partial charge is 0.346 e. The predicted molar refractivity (Wildman–Crippen MR) is 65.5 cm³/mol. The summed E-state index contributed by atoms with van der Waals surface area (Å²) in [5.74, 6) is -1.41. The number of aromatic hydroxyl groups is 1. The van der Waals surface area contributed by atoms with E-state index in [0.29, 0.717) is 12.2 Å². The molecule has 0 heterocycles. The van der Waals surface area contributed by atoms with E-state index in [9.17, 15) is 9.90 Å². The third-order valence-corrected chi connectivity index (χ3v) is 2.30. The molecule has 0 amide bonds. The maximum atomic E-state index is 10.7. The Morgan fingerprint density at radius 1 is 1.61 bits per heavy atom. The molecule has 0 radical (unpaired) electrons. The van der Waals surface area contributed by atoms with E-state index in [-0.39, 0.29) is 16.5 Å². The number of carboxylic acids is 1. The number of hydrogen-bond donors (Lipinski definition) is 2. The van der Waals surface area contributed by atoms with Crippen molar-refractivity contribution in [3.8, 4) is 17.6 Å². The summed E-state index contributed by atoms with van der Waals surface area (Å²) in [6, 6.07) is 4.31. The normalized spacial score (nSPS) is 10.8. The van der Waals surface area contributed by atoms with Crippen molar-refractivity contribution in [2.75, 3.05) is 6.61 Å². The van der Waals surface area contributed by atoms with Crippen molar-refractivity contribution >= 4 is 23.6 Å². The molecule has 0 fully saturated rings. The Bertz CT molecular complexity index is 546. The Hall–Kier alpha value is -2.19. The second-order valence-corrected chi connectivity index (χ2v) is 3.66. The Morgan fingerprint density at radius 2 is 2.28 bits per heavy atom. The predicted octanol–water partition coefficient (Wildman–Crippen LogP) is 2.44. The van der Waals surface area contributed by atoms with Crippen LogP contribution >= 0.6 is 11.6 Å². The molecule has 1 rings (SSSR count). The van der Waals surface area contributed by atoms with E-state index in [2.05, 4.69) is 0 Å². The molecule has 0 saturated carbocycles. The van der Waals surface area contributed by atoms with Gasteiger partial charge in [0.2, 0.25) is 0 Å². The number of aliphatic carboxylic acids is 1. The number of nitrogens with zero attached hydrogens (tertiary/aromatic N) is 1. The number of benzene rings is 1. The number of ether oxygens (including phenoxy) is 1. The summed E-state index contributed by atoms with van der Waals surface area (Å²) in [6.07, 6.45) is 1.15. The van der Waals surface area contributed by atoms with Crippen molar-refractivity contribution in [2.24, 2.45) is 0 Å². The van der Waals surface area contributed by atoms with Crippen LogP contribution < -0.4 is 4.74 Å². The molecule has 1 aromatic carbocycles. The number of carboxylic acid groups (broad SMARTS) is 1. The number of carbonyl (C=O) groups is 1. The first-order chi connectivity index (χ1) is 8.49. The van der Waals surface area contributed by atoms with Gasteiger partial charge in [0.1, 0.15) is 11.6 Å². The summed E-state index contributed by atoms with van der Waals surface area (Å²) < 4.78 is 5.14. The van der Waals surface area contributed by atoms with Gasteiger partial charge in [-0.2, -0.15) is 5.26 Å². The van der Waals surface area contributed by atoms with Crippen molar-refractivity contribution in [1.82, 2.24) is 0 Å². The average molecular weight is 268 g/mol. The van der Waals surface area contributed by atoms with E-state index >= 15 is 0 Å². The second kappa shape index (κ2) is 5.94. The van der Waals surface area contributed by atoms with E-state index in [4.69, 9.17) is 26.7 Å². The Morgan fingerprint density at radius 3 is 2.78 bits per heavy atom. The van der Waals surface area contributed by atoms with Gasteiger partial charge < -0.3 is 14.9 Å². The Balaban J connectivity index is 3.27. The van der Waals surface area contributed by atoms with Gasteiger partial charge in [0.15, 0.2) is 11.5 Å².